The smallest absolute Gasteiger partial charge is 0.145 e. The van der Waals surface area contributed by atoms with Gasteiger partial charge in [-0.2, -0.15) is 0 Å². The third-order valence-corrected chi connectivity index (χ3v) is 4.25. The lowest BCUT2D eigenvalue weighted by Gasteiger charge is -2.02. The fourth-order valence-electron chi connectivity index (χ4n) is 0.939. The molecule has 0 saturated carbocycles. The van der Waals surface area contributed by atoms with Crippen LogP contribution in [0, 0.1) is 0 Å². The summed E-state index contributed by atoms with van der Waals surface area (Å²) in [6.45, 7) is 4.83. The summed E-state index contributed by atoms with van der Waals surface area (Å²) in [5.74, 6) is 2.30. The van der Waals surface area contributed by atoms with E-state index in [4.69, 9.17) is 10.1 Å². The predicted octanol–water partition coefficient (Wildman–Crippen LogP) is -1.63. The average Bonchev–Trinajstić information content (AvgIpc) is 2.20. The Bertz CT molecular complexity index is 194. The average molecular weight is 300 g/mol. The summed E-state index contributed by atoms with van der Waals surface area (Å²) in [5, 5.41) is 5.57. The van der Waals surface area contributed by atoms with Crippen molar-refractivity contribution in [3.8, 4) is 0 Å². The number of hydrogen-bond acceptors (Lipinski definition) is 4. The first kappa shape index (κ1) is 19.6. The van der Waals surface area contributed by atoms with E-state index in [0.717, 1.165) is 36.7 Å². The van der Waals surface area contributed by atoms with Gasteiger partial charge in [0.25, 0.3) is 0 Å². The monoisotopic (exact) mass is 299 g/mol. The van der Waals surface area contributed by atoms with Crippen molar-refractivity contribution in [3.63, 3.8) is 0 Å². The molecule has 0 aromatic heterocycles. The molecule has 0 spiro atoms. The second-order valence-corrected chi connectivity index (χ2v) is 6.36. The van der Waals surface area contributed by atoms with Gasteiger partial charge in [0.05, 0.1) is 13.2 Å². The van der Waals surface area contributed by atoms with Crippen molar-refractivity contribution in [2.75, 3.05) is 24.7 Å². The normalized spacial score (nSPS) is 9.76. The number of rotatable bonds is 11. The van der Waals surface area contributed by atoms with Gasteiger partial charge < -0.3 is 17.1 Å². The fraction of sp³-hybridized carbons (Fsp3) is 0.818. The summed E-state index contributed by atoms with van der Waals surface area (Å²) in [4.78, 5) is 10.6. The van der Waals surface area contributed by atoms with E-state index in [1.165, 1.54) is 0 Å². The number of carbonyl (C=O) groups is 1. The van der Waals surface area contributed by atoms with Gasteiger partial charge in [-0.25, -0.2) is 0 Å². The highest BCUT2D eigenvalue weighted by atomic mass is 35.5. The van der Waals surface area contributed by atoms with E-state index < -0.39 is 0 Å². The van der Waals surface area contributed by atoms with Crippen molar-refractivity contribution in [2.24, 2.45) is 0 Å². The first-order valence-corrected chi connectivity index (χ1v) is 8.01. The molecule has 0 saturated heterocycles. The minimum absolute atomic E-state index is 0. The predicted molar refractivity (Wildman–Crippen MR) is 72.9 cm³/mol. The van der Waals surface area contributed by atoms with E-state index in [0.29, 0.717) is 13.0 Å². The van der Waals surface area contributed by atoms with Crippen LogP contribution >= 0.6 is 21.6 Å². The number of ketones is 1. The molecule has 0 atom stereocenters. The molecule has 17 heavy (non-hydrogen) atoms. The molecule has 3 nitrogen and oxygen atoms in total. The maximum atomic E-state index is 10.6. The molecule has 0 bridgehead atoms. The quantitative estimate of drug-likeness (QED) is 0.283. The Kier molecular flexibility index (Phi) is 16.6. The zero-order valence-electron chi connectivity index (χ0n) is 10.5. The molecule has 6 heteroatoms. The Hall–Kier alpha value is 0.290. The standard InChI is InChI=1S/C11H21NO2S2.ClH/c1-10(12)4-3-8-15-16-9-7-14-6-5-11(2)13;/h12H,3-9H2,1-2H3;1H. The van der Waals surface area contributed by atoms with Gasteiger partial charge in [0.15, 0.2) is 0 Å². The van der Waals surface area contributed by atoms with Gasteiger partial charge in [-0.15, -0.1) is 0 Å². The Morgan fingerprint density at radius 3 is 2.35 bits per heavy atom. The van der Waals surface area contributed by atoms with Crippen molar-refractivity contribution in [3.05, 3.63) is 0 Å². The molecule has 102 valence electrons. The van der Waals surface area contributed by atoms with E-state index in [2.05, 4.69) is 0 Å². The van der Waals surface area contributed by atoms with Crippen molar-refractivity contribution in [1.29, 1.82) is 0 Å². The molecule has 0 rings (SSSR count). The van der Waals surface area contributed by atoms with Gasteiger partial charge in [-0.1, -0.05) is 21.6 Å². The minimum Gasteiger partial charge on any atom is -1.00 e. The second-order valence-electron chi connectivity index (χ2n) is 3.66. The highest BCUT2D eigenvalue weighted by Gasteiger charge is 1.96. The molecule has 0 heterocycles. The Labute approximate surface area is 118 Å². The number of carbonyl (C=O) groups excluding carboxylic acids is 1. The van der Waals surface area contributed by atoms with Crippen LogP contribution in [0.3, 0.4) is 0 Å². The Morgan fingerprint density at radius 2 is 1.76 bits per heavy atom. The number of Topliss-reactive ketones (excluding diaryl/α,β-unsaturated/α-hetero) is 1. The van der Waals surface area contributed by atoms with E-state index in [1.54, 1.807) is 6.92 Å². The summed E-state index contributed by atoms with van der Waals surface area (Å²) >= 11 is 0. The number of halogens is 1. The molecule has 0 unspecified atom stereocenters. The van der Waals surface area contributed by atoms with Crippen LogP contribution in [0.15, 0.2) is 0 Å². The Balaban J connectivity index is 0. The summed E-state index contributed by atoms with van der Waals surface area (Å²) in [7, 11) is 3.68. The SMILES string of the molecule is CC(=[NH2+])CCCSSCCOCCC(C)=O.[Cl-]. The van der Waals surface area contributed by atoms with E-state index in [-0.39, 0.29) is 18.2 Å². The van der Waals surface area contributed by atoms with Crippen LogP contribution in [-0.2, 0) is 9.53 Å². The van der Waals surface area contributed by atoms with Crippen molar-refractivity contribution >= 4 is 33.1 Å². The van der Waals surface area contributed by atoms with Gasteiger partial charge in [0.2, 0.25) is 0 Å². The molecule has 0 amide bonds. The van der Waals surface area contributed by atoms with Crippen LogP contribution < -0.4 is 17.8 Å². The number of ether oxygens (including phenoxy) is 1. The Morgan fingerprint density at radius 1 is 1.12 bits per heavy atom. The molecule has 0 fully saturated rings. The highest BCUT2D eigenvalue weighted by Crippen LogP contribution is 2.21. The first-order valence-electron chi connectivity index (χ1n) is 5.52. The summed E-state index contributed by atoms with van der Waals surface area (Å²) in [6.07, 6.45) is 2.69. The second kappa shape index (κ2) is 14.4. The molecule has 0 aliphatic heterocycles. The van der Waals surface area contributed by atoms with Crippen molar-refractivity contribution in [2.45, 2.75) is 33.1 Å². The molecule has 0 aliphatic rings. The third kappa shape index (κ3) is 18.8. The molecule has 0 radical (unpaired) electrons. The molecule has 2 N–H and O–H groups in total. The topological polar surface area (TPSA) is 51.9 Å². The number of hydrogen-bond donors (Lipinski definition) is 1. The molecular weight excluding hydrogens is 278 g/mol. The van der Waals surface area contributed by atoms with E-state index in [9.17, 15) is 4.79 Å². The van der Waals surface area contributed by atoms with Crippen LogP contribution in [0.5, 0.6) is 0 Å². The van der Waals surface area contributed by atoms with Gasteiger partial charge in [0.1, 0.15) is 11.5 Å². The van der Waals surface area contributed by atoms with Gasteiger partial charge in [0, 0.05) is 31.3 Å². The van der Waals surface area contributed by atoms with Crippen LogP contribution in [0.1, 0.15) is 33.1 Å². The third-order valence-electron chi connectivity index (χ3n) is 1.79. The van der Waals surface area contributed by atoms with Crippen molar-refractivity contribution in [1.82, 2.24) is 0 Å². The molecule has 0 aromatic rings. The highest BCUT2D eigenvalue weighted by molar-refractivity contribution is 8.76. The van der Waals surface area contributed by atoms with Crippen LogP contribution in [0.4, 0.5) is 0 Å². The van der Waals surface area contributed by atoms with Crippen LogP contribution in [0.25, 0.3) is 0 Å². The first-order chi connectivity index (χ1) is 7.63. The lowest BCUT2D eigenvalue weighted by molar-refractivity contribution is -0.118. The van der Waals surface area contributed by atoms with Crippen LogP contribution in [-0.4, -0.2) is 36.2 Å². The fourth-order valence-corrected chi connectivity index (χ4v) is 2.89. The number of nitrogens with two attached hydrogens (primary N) is 1. The van der Waals surface area contributed by atoms with Gasteiger partial charge in [-0.05, 0) is 13.3 Å². The van der Waals surface area contributed by atoms with Gasteiger partial charge >= 0.3 is 0 Å². The molecular formula is C11H22ClNO2S2. The summed E-state index contributed by atoms with van der Waals surface area (Å²) in [6, 6.07) is 0. The van der Waals surface area contributed by atoms with E-state index in [1.807, 2.05) is 28.5 Å². The maximum Gasteiger partial charge on any atom is 0.145 e. The van der Waals surface area contributed by atoms with Crippen LogP contribution in [0.2, 0.25) is 0 Å². The van der Waals surface area contributed by atoms with E-state index >= 15 is 0 Å². The summed E-state index contributed by atoms with van der Waals surface area (Å²) in [5.41, 5.74) is 1.01. The lowest BCUT2D eigenvalue weighted by Crippen LogP contribution is -3.00. The molecule has 0 aromatic carbocycles. The molecule has 0 aliphatic carbocycles. The largest absolute Gasteiger partial charge is 1.00 e. The lowest BCUT2D eigenvalue weighted by atomic mass is 10.2. The minimum atomic E-state index is 0. The zero-order valence-corrected chi connectivity index (χ0v) is 12.9. The zero-order chi connectivity index (χ0) is 12.2. The van der Waals surface area contributed by atoms with Gasteiger partial charge in [-0.3, -0.25) is 10.2 Å². The maximum absolute atomic E-state index is 10.6. The van der Waals surface area contributed by atoms with Crippen molar-refractivity contribution < 1.29 is 27.3 Å². The summed E-state index contributed by atoms with van der Waals surface area (Å²) < 4.78 is 5.31.